The van der Waals surface area contributed by atoms with Crippen molar-refractivity contribution in [3.63, 3.8) is 0 Å². The zero-order valence-corrected chi connectivity index (χ0v) is 9.77. The van der Waals surface area contributed by atoms with Crippen LogP contribution in [0.4, 0.5) is 5.69 Å². The molecule has 84 valence electrons. The van der Waals surface area contributed by atoms with Crippen LogP contribution in [0, 0.1) is 0 Å². The van der Waals surface area contributed by atoms with Gasteiger partial charge in [0.25, 0.3) is 0 Å². The van der Waals surface area contributed by atoms with Gasteiger partial charge in [0.2, 0.25) is 0 Å². The summed E-state index contributed by atoms with van der Waals surface area (Å²) >= 11 is 0. The summed E-state index contributed by atoms with van der Waals surface area (Å²) < 4.78 is 1.93. The Hall–Kier alpha value is -1.77. The van der Waals surface area contributed by atoms with E-state index in [1.54, 1.807) is 0 Å². The number of rotatable bonds is 3. The molecular weight excluding hydrogens is 198 g/mol. The summed E-state index contributed by atoms with van der Waals surface area (Å²) in [5.74, 6) is 0. The van der Waals surface area contributed by atoms with Gasteiger partial charge in [-0.1, -0.05) is 13.0 Å². The zero-order chi connectivity index (χ0) is 11.5. The van der Waals surface area contributed by atoms with Gasteiger partial charge in [0, 0.05) is 24.0 Å². The van der Waals surface area contributed by atoms with E-state index < -0.39 is 0 Å². The van der Waals surface area contributed by atoms with Crippen LogP contribution in [0.1, 0.15) is 19.4 Å². The Balaban J connectivity index is 2.40. The highest BCUT2D eigenvalue weighted by Gasteiger charge is 2.03. The topological polar surface area (TPSA) is 43.8 Å². The molecule has 2 aromatic rings. The minimum atomic E-state index is 0.870. The van der Waals surface area contributed by atoms with Gasteiger partial charge < -0.3 is 5.73 Å². The Morgan fingerprint density at radius 3 is 2.69 bits per heavy atom. The van der Waals surface area contributed by atoms with Crippen LogP contribution in [0.25, 0.3) is 11.1 Å². The van der Waals surface area contributed by atoms with Crippen LogP contribution in [0.3, 0.4) is 0 Å². The first kappa shape index (κ1) is 10.7. The quantitative estimate of drug-likeness (QED) is 0.800. The average Bonchev–Trinajstić information content (AvgIpc) is 2.78. The van der Waals surface area contributed by atoms with Gasteiger partial charge in [-0.15, -0.1) is 0 Å². The Morgan fingerprint density at radius 1 is 1.25 bits per heavy atom. The molecule has 0 amide bonds. The molecule has 3 heteroatoms. The van der Waals surface area contributed by atoms with Gasteiger partial charge in [0.15, 0.2) is 0 Å². The summed E-state index contributed by atoms with van der Waals surface area (Å²) in [4.78, 5) is 0. The maximum absolute atomic E-state index is 5.89. The van der Waals surface area contributed by atoms with E-state index in [0.717, 1.165) is 24.2 Å². The third-order valence-electron chi connectivity index (χ3n) is 2.81. The Morgan fingerprint density at radius 2 is 2.06 bits per heavy atom. The molecule has 0 radical (unpaired) electrons. The molecule has 0 aliphatic carbocycles. The summed E-state index contributed by atoms with van der Waals surface area (Å²) in [6.07, 6.45) is 4.92. The molecule has 3 nitrogen and oxygen atoms in total. The lowest BCUT2D eigenvalue weighted by Crippen LogP contribution is -1.93. The van der Waals surface area contributed by atoms with Crippen molar-refractivity contribution in [2.45, 2.75) is 26.8 Å². The number of nitrogens with zero attached hydrogens (tertiary/aromatic N) is 2. The monoisotopic (exact) mass is 215 g/mol. The van der Waals surface area contributed by atoms with Crippen LogP contribution >= 0.6 is 0 Å². The number of aromatic nitrogens is 2. The van der Waals surface area contributed by atoms with E-state index in [0.29, 0.717) is 0 Å². The standard InChI is InChI=1S/C13H17N3/c1-3-10-7-11(5-6-13(10)14)12-8-15-16(4-2)9-12/h5-9H,3-4,14H2,1-2H3. The molecule has 0 aliphatic rings. The SMILES string of the molecule is CCc1cc(-c2cnn(CC)c2)ccc1N. The van der Waals surface area contributed by atoms with Gasteiger partial charge in [-0.2, -0.15) is 5.10 Å². The number of hydrogen-bond donors (Lipinski definition) is 1. The second-order valence-electron chi connectivity index (χ2n) is 3.85. The molecule has 0 unspecified atom stereocenters. The number of anilines is 1. The summed E-state index contributed by atoms with van der Waals surface area (Å²) in [6.45, 7) is 5.10. The van der Waals surface area contributed by atoms with Crippen molar-refractivity contribution >= 4 is 5.69 Å². The number of nitrogens with two attached hydrogens (primary N) is 1. The fourth-order valence-electron chi connectivity index (χ4n) is 1.78. The predicted octanol–water partition coefficient (Wildman–Crippen LogP) is 2.71. The van der Waals surface area contributed by atoms with E-state index in [1.807, 2.05) is 23.0 Å². The second kappa shape index (κ2) is 4.39. The fourth-order valence-corrected chi connectivity index (χ4v) is 1.78. The van der Waals surface area contributed by atoms with Crippen molar-refractivity contribution in [2.75, 3.05) is 5.73 Å². The lowest BCUT2D eigenvalue weighted by molar-refractivity contribution is 0.660. The van der Waals surface area contributed by atoms with Crippen molar-refractivity contribution in [3.8, 4) is 11.1 Å². The van der Waals surface area contributed by atoms with Crippen molar-refractivity contribution in [3.05, 3.63) is 36.2 Å². The summed E-state index contributed by atoms with van der Waals surface area (Å²) in [7, 11) is 0. The van der Waals surface area contributed by atoms with Crippen LogP contribution in [-0.2, 0) is 13.0 Å². The number of nitrogen functional groups attached to an aromatic ring is 1. The normalized spacial score (nSPS) is 10.6. The number of hydrogen-bond acceptors (Lipinski definition) is 2. The summed E-state index contributed by atoms with van der Waals surface area (Å²) in [5, 5.41) is 4.27. The number of aryl methyl sites for hydroxylation is 2. The minimum absolute atomic E-state index is 0.870. The first-order valence-corrected chi connectivity index (χ1v) is 5.65. The first-order valence-electron chi connectivity index (χ1n) is 5.65. The van der Waals surface area contributed by atoms with Crippen LogP contribution in [0.5, 0.6) is 0 Å². The van der Waals surface area contributed by atoms with Gasteiger partial charge in [0.05, 0.1) is 6.20 Å². The lowest BCUT2D eigenvalue weighted by Gasteiger charge is -2.05. The summed E-state index contributed by atoms with van der Waals surface area (Å²) in [5.41, 5.74) is 10.3. The van der Waals surface area contributed by atoms with Crippen LogP contribution in [0.2, 0.25) is 0 Å². The molecule has 1 aromatic carbocycles. The highest BCUT2D eigenvalue weighted by atomic mass is 15.3. The molecule has 2 rings (SSSR count). The van der Waals surface area contributed by atoms with Crippen molar-refractivity contribution < 1.29 is 0 Å². The van der Waals surface area contributed by atoms with Gasteiger partial charge in [-0.25, -0.2) is 0 Å². The lowest BCUT2D eigenvalue weighted by atomic mass is 10.0. The summed E-state index contributed by atoms with van der Waals surface area (Å²) in [6, 6.07) is 6.16. The molecule has 0 aliphatic heterocycles. The van der Waals surface area contributed by atoms with Gasteiger partial charge in [-0.05, 0) is 36.6 Å². The van der Waals surface area contributed by atoms with Crippen molar-refractivity contribution in [1.29, 1.82) is 0 Å². The van der Waals surface area contributed by atoms with E-state index in [9.17, 15) is 0 Å². The van der Waals surface area contributed by atoms with Crippen molar-refractivity contribution in [1.82, 2.24) is 9.78 Å². The molecular formula is C13H17N3. The highest BCUT2D eigenvalue weighted by Crippen LogP contribution is 2.23. The minimum Gasteiger partial charge on any atom is -0.399 e. The highest BCUT2D eigenvalue weighted by molar-refractivity contribution is 5.66. The number of benzene rings is 1. The van der Waals surface area contributed by atoms with Gasteiger partial charge in [0.1, 0.15) is 0 Å². The van der Waals surface area contributed by atoms with E-state index >= 15 is 0 Å². The van der Waals surface area contributed by atoms with Crippen LogP contribution in [-0.4, -0.2) is 9.78 Å². The Bertz CT molecular complexity index is 486. The van der Waals surface area contributed by atoms with E-state index in [-0.39, 0.29) is 0 Å². The molecule has 0 fully saturated rings. The van der Waals surface area contributed by atoms with Crippen LogP contribution < -0.4 is 5.73 Å². The second-order valence-corrected chi connectivity index (χ2v) is 3.85. The molecule has 1 aromatic heterocycles. The third-order valence-corrected chi connectivity index (χ3v) is 2.81. The molecule has 0 saturated carbocycles. The van der Waals surface area contributed by atoms with E-state index in [4.69, 9.17) is 5.73 Å². The maximum atomic E-state index is 5.89. The predicted molar refractivity (Wildman–Crippen MR) is 67.1 cm³/mol. The first-order chi connectivity index (χ1) is 7.74. The average molecular weight is 215 g/mol. The molecule has 0 atom stereocenters. The molecule has 1 heterocycles. The molecule has 16 heavy (non-hydrogen) atoms. The van der Waals surface area contributed by atoms with E-state index in [2.05, 4.69) is 31.2 Å². The molecule has 0 spiro atoms. The van der Waals surface area contributed by atoms with Gasteiger partial charge >= 0.3 is 0 Å². The third kappa shape index (κ3) is 1.94. The largest absolute Gasteiger partial charge is 0.399 e. The molecule has 2 N–H and O–H groups in total. The van der Waals surface area contributed by atoms with Crippen molar-refractivity contribution in [2.24, 2.45) is 0 Å². The van der Waals surface area contributed by atoms with Gasteiger partial charge in [-0.3, -0.25) is 4.68 Å². The van der Waals surface area contributed by atoms with E-state index in [1.165, 1.54) is 11.1 Å². The maximum Gasteiger partial charge on any atom is 0.0568 e. The smallest absolute Gasteiger partial charge is 0.0568 e. The molecule has 0 saturated heterocycles. The zero-order valence-electron chi connectivity index (χ0n) is 9.77. The fraction of sp³-hybridized carbons (Fsp3) is 0.308. The Kier molecular flexibility index (Phi) is 2.95. The van der Waals surface area contributed by atoms with Crippen LogP contribution in [0.15, 0.2) is 30.6 Å². The Labute approximate surface area is 95.9 Å². The molecule has 0 bridgehead atoms.